The number of aliphatic hydroxyl groups is 1. The van der Waals surface area contributed by atoms with Gasteiger partial charge < -0.3 is 10.4 Å². The monoisotopic (exact) mass is 320 g/mol. The third-order valence-electron chi connectivity index (χ3n) is 5.15. The van der Waals surface area contributed by atoms with Gasteiger partial charge >= 0.3 is 0 Å². The number of likely N-dealkylation sites (tertiary alicyclic amines) is 1. The molecule has 1 amide bonds. The Bertz CT molecular complexity index is 532. The lowest BCUT2D eigenvalue weighted by atomic mass is 9.84. The molecule has 1 aliphatic carbocycles. The maximum atomic E-state index is 13.0. The Morgan fingerprint density at radius 1 is 1.22 bits per heavy atom. The van der Waals surface area contributed by atoms with E-state index < -0.39 is 5.60 Å². The highest BCUT2D eigenvalue weighted by atomic mass is 19.1. The molecule has 2 aliphatic rings. The average molecular weight is 320 g/mol. The van der Waals surface area contributed by atoms with Gasteiger partial charge in [-0.15, -0.1) is 0 Å². The molecule has 1 aromatic carbocycles. The van der Waals surface area contributed by atoms with Crippen molar-refractivity contribution in [2.45, 2.75) is 50.2 Å². The number of amides is 1. The first-order chi connectivity index (χ1) is 11.0. The van der Waals surface area contributed by atoms with Crippen LogP contribution in [0.3, 0.4) is 0 Å². The summed E-state index contributed by atoms with van der Waals surface area (Å²) < 4.78 is 13.0. The highest BCUT2D eigenvalue weighted by Crippen LogP contribution is 2.32. The van der Waals surface area contributed by atoms with Gasteiger partial charge in [0.1, 0.15) is 5.82 Å². The van der Waals surface area contributed by atoms with E-state index in [2.05, 4.69) is 10.2 Å². The van der Waals surface area contributed by atoms with Crippen molar-refractivity contribution < 1.29 is 14.3 Å². The van der Waals surface area contributed by atoms with Crippen LogP contribution in [0.1, 0.15) is 44.1 Å². The molecule has 3 rings (SSSR count). The van der Waals surface area contributed by atoms with Crippen LogP contribution < -0.4 is 5.32 Å². The van der Waals surface area contributed by atoms with Gasteiger partial charge in [0.2, 0.25) is 5.91 Å². The summed E-state index contributed by atoms with van der Waals surface area (Å²) in [6.45, 7) is 1.74. The minimum atomic E-state index is -0.911. The zero-order valence-corrected chi connectivity index (χ0v) is 13.4. The van der Waals surface area contributed by atoms with Crippen LogP contribution in [0.5, 0.6) is 0 Å². The molecule has 0 spiro atoms. The molecule has 0 aromatic heterocycles. The number of rotatable bonds is 4. The summed E-state index contributed by atoms with van der Waals surface area (Å²) >= 11 is 0. The maximum Gasteiger partial charge on any atom is 0.234 e. The standard InChI is InChI=1S/C18H25FN2O2/c19-15-7-5-14(6-8-15)18(23)9-11-21(12-10-18)13-17(22)20-16-3-1-2-4-16/h5-8,16,23H,1-4,9-13H2,(H,20,22). The molecular formula is C18H25FN2O2. The summed E-state index contributed by atoms with van der Waals surface area (Å²) in [5.74, 6) is -0.206. The predicted octanol–water partition coefficient (Wildman–Crippen LogP) is 2.17. The highest BCUT2D eigenvalue weighted by molar-refractivity contribution is 5.78. The summed E-state index contributed by atoms with van der Waals surface area (Å²) in [5.41, 5.74) is -0.152. The predicted molar refractivity (Wildman–Crippen MR) is 86.4 cm³/mol. The van der Waals surface area contributed by atoms with Crippen LogP contribution in [0.4, 0.5) is 4.39 Å². The molecule has 0 atom stereocenters. The first-order valence-electron chi connectivity index (χ1n) is 8.55. The highest BCUT2D eigenvalue weighted by Gasteiger charge is 2.34. The summed E-state index contributed by atoms with van der Waals surface area (Å²) in [6, 6.07) is 6.42. The largest absolute Gasteiger partial charge is 0.385 e. The molecule has 2 fully saturated rings. The van der Waals surface area contributed by atoms with E-state index in [4.69, 9.17) is 0 Å². The molecule has 5 heteroatoms. The fourth-order valence-corrected chi connectivity index (χ4v) is 3.68. The number of carbonyl (C=O) groups excluding carboxylic acids is 1. The van der Waals surface area contributed by atoms with E-state index in [1.54, 1.807) is 12.1 Å². The van der Waals surface area contributed by atoms with Crippen LogP contribution in [0, 0.1) is 5.82 Å². The SMILES string of the molecule is O=C(CN1CCC(O)(c2ccc(F)cc2)CC1)NC1CCCC1. The second-order valence-electron chi connectivity index (χ2n) is 6.86. The first kappa shape index (κ1) is 16.4. The van der Waals surface area contributed by atoms with E-state index in [9.17, 15) is 14.3 Å². The van der Waals surface area contributed by atoms with Crippen LogP contribution in [0.25, 0.3) is 0 Å². The van der Waals surface area contributed by atoms with Crippen LogP contribution in [-0.2, 0) is 10.4 Å². The Morgan fingerprint density at radius 2 is 1.83 bits per heavy atom. The third kappa shape index (κ3) is 4.09. The lowest BCUT2D eigenvalue weighted by Crippen LogP contribution is -2.47. The number of nitrogens with one attached hydrogen (secondary N) is 1. The van der Waals surface area contributed by atoms with Crippen LogP contribution >= 0.6 is 0 Å². The van der Waals surface area contributed by atoms with E-state index in [1.165, 1.54) is 25.0 Å². The Morgan fingerprint density at radius 3 is 2.43 bits per heavy atom. The molecule has 1 aromatic rings. The van der Waals surface area contributed by atoms with Crippen molar-refractivity contribution >= 4 is 5.91 Å². The van der Waals surface area contributed by atoms with Crippen LogP contribution in [-0.4, -0.2) is 41.6 Å². The normalized spacial score (nSPS) is 22.2. The van der Waals surface area contributed by atoms with Crippen molar-refractivity contribution in [2.24, 2.45) is 0 Å². The van der Waals surface area contributed by atoms with Gasteiger partial charge in [-0.3, -0.25) is 9.69 Å². The van der Waals surface area contributed by atoms with E-state index in [0.717, 1.165) is 18.4 Å². The molecule has 23 heavy (non-hydrogen) atoms. The molecule has 0 bridgehead atoms. The summed E-state index contributed by atoms with van der Waals surface area (Å²) in [5, 5.41) is 13.9. The van der Waals surface area contributed by atoms with Gasteiger partial charge in [0.05, 0.1) is 12.1 Å². The summed E-state index contributed by atoms with van der Waals surface area (Å²) in [7, 11) is 0. The van der Waals surface area contributed by atoms with Gasteiger partial charge in [0.15, 0.2) is 0 Å². The van der Waals surface area contributed by atoms with Gasteiger partial charge in [0.25, 0.3) is 0 Å². The molecule has 1 saturated carbocycles. The van der Waals surface area contributed by atoms with Crippen molar-refractivity contribution in [3.8, 4) is 0 Å². The Balaban J connectivity index is 1.49. The smallest absolute Gasteiger partial charge is 0.234 e. The summed E-state index contributed by atoms with van der Waals surface area (Å²) in [6.07, 6.45) is 5.73. The van der Waals surface area contributed by atoms with E-state index >= 15 is 0 Å². The number of nitrogens with zero attached hydrogens (tertiary/aromatic N) is 1. The van der Waals surface area contributed by atoms with E-state index in [-0.39, 0.29) is 11.7 Å². The lowest BCUT2D eigenvalue weighted by molar-refractivity contribution is -0.124. The quantitative estimate of drug-likeness (QED) is 0.894. The molecule has 0 unspecified atom stereocenters. The second-order valence-corrected chi connectivity index (χ2v) is 6.86. The minimum absolute atomic E-state index is 0.0871. The zero-order valence-electron chi connectivity index (χ0n) is 13.4. The van der Waals surface area contributed by atoms with Gasteiger partial charge in [-0.1, -0.05) is 25.0 Å². The fraction of sp³-hybridized carbons (Fsp3) is 0.611. The second kappa shape index (κ2) is 6.97. The molecule has 4 nitrogen and oxygen atoms in total. The molecule has 1 heterocycles. The molecular weight excluding hydrogens is 295 g/mol. The van der Waals surface area contributed by atoms with E-state index in [1.807, 2.05) is 0 Å². The average Bonchev–Trinajstić information content (AvgIpc) is 3.03. The third-order valence-corrected chi connectivity index (χ3v) is 5.15. The topological polar surface area (TPSA) is 52.6 Å². The van der Waals surface area contributed by atoms with Crippen molar-refractivity contribution in [1.82, 2.24) is 10.2 Å². The Kier molecular flexibility index (Phi) is 4.97. The molecule has 2 N–H and O–H groups in total. The van der Waals surface area contributed by atoms with Gasteiger partial charge in [0, 0.05) is 19.1 Å². The fourth-order valence-electron chi connectivity index (χ4n) is 3.68. The van der Waals surface area contributed by atoms with Crippen molar-refractivity contribution in [3.05, 3.63) is 35.6 Å². The van der Waals surface area contributed by atoms with Gasteiger partial charge in [-0.25, -0.2) is 4.39 Å². The first-order valence-corrected chi connectivity index (χ1v) is 8.55. The number of piperidine rings is 1. The molecule has 1 aliphatic heterocycles. The maximum absolute atomic E-state index is 13.0. The van der Waals surface area contributed by atoms with Crippen LogP contribution in [0.15, 0.2) is 24.3 Å². The molecule has 1 saturated heterocycles. The van der Waals surface area contributed by atoms with Crippen molar-refractivity contribution in [2.75, 3.05) is 19.6 Å². The van der Waals surface area contributed by atoms with Gasteiger partial charge in [-0.2, -0.15) is 0 Å². The minimum Gasteiger partial charge on any atom is -0.385 e. The van der Waals surface area contributed by atoms with Crippen molar-refractivity contribution in [3.63, 3.8) is 0 Å². The number of carbonyl (C=O) groups is 1. The Labute approximate surface area is 136 Å². The lowest BCUT2D eigenvalue weighted by Gasteiger charge is -2.38. The number of hydrogen-bond donors (Lipinski definition) is 2. The van der Waals surface area contributed by atoms with E-state index in [0.29, 0.717) is 38.5 Å². The Hall–Kier alpha value is -1.46. The summed E-state index contributed by atoms with van der Waals surface area (Å²) in [4.78, 5) is 14.2. The van der Waals surface area contributed by atoms with Gasteiger partial charge in [-0.05, 0) is 43.4 Å². The van der Waals surface area contributed by atoms with Crippen LogP contribution in [0.2, 0.25) is 0 Å². The molecule has 0 radical (unpaired) electrons. The molecule has 126 valence electrons. The number of benzene rings is 1. The zero-order chi connectivity index (χ0) is 16.3. The number of halogens is 1. The van der Waals surface area contributed by atoms with Crippen molar-refractivity contribution in [1.29, 1.82) is 0 Å². The number of hydrogen-bond acceptors (Lipinski definition) is 3.